The molecular weight excluding hydrogens is 656 g/mol. The summed E-state index contributed by atoms with van der Waals surface area (Å²) in [6, 6.07) is 20.6. The van der Waals surface area contributed by atoms with Crippen LogP contribution in [-0.2, 0) is 20.8 Å². The summed E-state index contributed by atoms with van der Waals surface area (Å²) >= 11 is 3.54. The lowest BCUT2D eigenvalue weighted by atomic mass is 9.93. The fourth-order valence-corrected chi connectivity index (χ4v) is 6.86. The average molecular weight is 706 g/mol. The molecule has 4 rings (SSSR count). The van der Waals surface area contributed by atoms with E-state index < -0.39 is 5.92 Å². The molecule has 1 atom stereocenters. The molecule has 3 aromatic rings. The number of rotatable bonds is 17. The minimum atomic E-state index is -0.427. The molecule has 1 fully saturated rings. The number of esters is 2. The Morgan fingerprint density at radius 2 is 1.51 bits per heavy atom. The van der Waals surface area contributed by atoms with Gasteiger partial charge in [0.1, 0.15) is 0 Å². The monoisotopic (exact) mass is 704 g/mol. The first-order valence-corrected chi connectivity index (χ1v) is 18.0. The summed E-state index contributed by atoms with van der Waals surface area (Å²) in [5.74, 6) is -1.12. The molecular formula is C39H49BrN2O5. The number of carbonyl (C=O) groups is 3. The number of carbonyl (C=O) groups excluding carboxylic acids is 3. The summed E-state index contributed by atoms with van der Waals surface area (Å²) in [5, 5.41) is 0. The number of nitrogens with two attached hydrogens (primary N) is 1. The Morgan fingerprint density at radius 3 is 2.19 bits per heavy atom. The largest absolute Gasteiger partial charge is 0.465 e. The van der Waals surface area contributed by atoms with Gasteiger partial charge in [-0.2, -0.15) is 0 Å². The van der Waals surface area contributed by atoms with Crippen molar-refractivity contribution in [3.05, 3.63) is 99.0 Å². The molecule has 0 radical (unpaired) electrons. The van der Waals surface area contributed by atoms with Gasteiger partial charge in [0.25, 0.3) is 0 Å². The van der Waals surface area contributed by atoms with Gasteiger partial charge < -0.3 is 15.2 Å². The van der Waals surface area contributed by atoms with E-state index in [9.17, 15) is 14.4 Å². The maximum atomic E-state index is 12.9. The van der Waals surface area contributed by atoms with Crippen molar-refractivity contribution in [2.45, 2.75) is 96.6 Å². The molecule has 3 aromatic carbocycles. The number of unbranched alkanes of at least 4 members (excludes halogenated alkanes) is 3. The first kappa shape index (κ1) is 36.3. The predicted molar refractivity (Wildman–Crippen MR) is 191 cm³/mol. The van der Waals surface area contributed by atoms with Gasteiger partial charge in [-0.15, -0.1) is 0 Å². The zero-order valence-electron chi connectivity index (χ0n) is 27.8. The molecule has 0 aliphatic heterocycles. The highest BCUT2D eigenvalue weighted by atomic mass is 79.9. The Morgan fingerprint density at radius 1 is 0.830 bits per heavy atom. The van der Waals surface area contributed by atoms with E-state index in [1.165, 1.54) is 32.1 Å². The highest BCUT2D eigenvalue weighted by molar-refractivity contribution is 9.10. The third kappa shape index (κ3) is 10.5. The van der Waals surface area contributed by atoms with Crippen LogP contribution in [0.5, 0.6) is 0 Å². The molecule has 0 bridgehead atoms. The predicted octanol–water partition coefficient (Wildman–Crippen LogP) is 8.87. The number of nitrogen functional groups attached to an aromatic ring is 1. The van der Waals surface area contributed by atoms with Crippen LogP contribution in [-0.4, -0.2) is 48.4 Å². The van der Waals surface area contributed by atoms with E-state index in [1.54, 1.807) is 30.3 Å². The Hall–Kier alpha value is -3.49. The molecule has 7 nitrogen and oxygen atoms in total. The fraction of sp³-hybridized carbons (Fsp3) is 0.462. The number of ketones is 1. The van der Waals surface area contributed by atoms with E-state index in [0.717, 1.165) is 54.4 Å². The second-order valence-electron chi connectivity index (χ2n) is 12.4. The van der Waals surface area contributed by atoms with E-state index in [0.29, 0.717) is 48.1 Å². The molecule has 1 aliphatic carbocycles. The molecule has 1 unspecified atom stereocenters. The van der Waals surface area contributed by atoms with E-state index in [4.69, 9.17) is 15.2 Å². The summed E-state index contributed by atoms with van der Waals surface area (Å²) in [6.07, 6.45) is 10.0. The molecule has 1 saturated carbocycles. The third-order valence-electron chi connectivity index (χ3n) is 9.12. The maximum Gasteiger partial charge on any atom is 0.338 e. The van der Waals surface area contributed by atoms with Gasteiger partial charge in [-0.3, -0.25) is 14.5 Å². The van der Waals surface area contributed by atoms with Crippen molar-refractivity contribution in [3.63, 3.8) is 0 Å². The molecule has 0 spiro atoms. The molecule has 0 amide bonds. The molecule has 0 saturated heterocycles. The molecule has 8 heteroatoms. The van der Waals surface area contributed by atoms with Crippen LogP contribution in [0.2, 0.25) is 0 Å². The van der Waals surface area contributed by atoms with Gasteiger partial charge in [0, 0.05) is 28.2 Å². The standard InChI is InChI=1S/C39H49BrN2O5/c1-3-34(29-18-15-19-30(24-29)37(43)28-16-9-7-10-17-28)39(45)47-23-14-6-5-13-22-46-38(44)31-25-32(36(41)35(40)26-31)27-42(4-2)33-20-11-8-12-21-33/h7,9-10,15-19,24-26,33-34H,3-6,8,11-14,20-23,27,41H2,1-2H3. The van der Waals surface area contributed by atoms with Crippen LogP contribution < -0.4 is 5.73 Å². The number of hydrogen-bond donors (Lipinski definition) is 1. The van der Waals surface area contributed by atoms with Crippen LogP contribution in [0.3, 0.4) is 0 Å². The molecule has 252 valence electrons. The number of anilines is 1. The minimum Gasteiger partial charge on any atom is -0.465 e. The smallest absolute Gasteiger partial charge is 0.338 e. The van der Waals surface area contributed by atoms with Crippen molar-refractivity contribution in [1.82, 2.24) is 4.90 Å². The van der Waals surface area contributed by atoms with Gasteiger partial charge >= 0.3 is 11.9 Å². The van der Waals surface area contributed by atoms with Gasteiger partial charge in [-0.05, 0) is 96.7 Å². The van der Waals surface area contributed by atoms with Gasteiger partial charge in [0.2, 0.25) is 0 Å². The summed E-state index contributed by atoms with van der Waals surface area (Å²) in [6.45, 7) is 6.45. The molecule has 47 heavy (non-hydrogen) atoms. The van der Waals surface area contributed by atoms with Gasteiger partial charge in [0.05, 0.1) is 30.4 Å². The number of hydrogen-bond acceptors (Lipinski definition) is 7. The van der Waals surface area contributed by atoms with Crippen LogP contribution in [0.4, 0.5) is 5.69 Å². The van der Waals surface area contributed by atoms with Gasteiger partial charge in [-0.25, -0.2) is 4.79 Å². The van der Waals surface area contributed by atoms with Crippen LogP contribution >= 0.6 is 15.9 Å². The van der Waals surface area contributed by atoms with Crippen molar-refractivity contribution < 1.29 is 23.9 Å². The summed E-state index contributed by atoms with van der Waals surface area (Å²) < 4.78 is 11.9. The average Bonchev–Trinajstić information content (AvgIpc) is 3.10. The molecule has 2 N–H and O–H groups in total. The second-order valence-corrected chi connectivity index (χ2v) is 13.2. The van der Waals surface area contributed by atoms with Crippen LogP contribution in [0.25, 0.3) is 0 Å². The number of ether oxygens (including phenoxy) is 2. The summed E-state index contributed by atoms with van der Waals surface area (Å²) in [5.41, 5.74) is 10.5. The number of nitrogens with zero attached hydrogens (tertiary/aromatic N) is 1. The number of benzene rings is 3. The summed E-state index contributed by atoms with van der Waals surface area (Å²) in [7, 11) is 0. The van der Waals surface area contributed by atoms with Crippen molar-refractivity contribution >= 4 is 39.3 Å². The van der Waals surface area contributed by atoms with Crippen LogP contribution in [0.15, 0.2) is 71.2 Å². The lowest BCUT2D eigenvalue weighted by molar-refractivity contribution is -0.145. The Bertz CT molecular complexity index is 1470. The van der Waals surface area contributed by atoms with E-state index in [-0.39, 0.29) is 17.7 Å². The molecule has 1 aliphatic rings. The quantitative estimate of drug-likeness (QED) is 0.0649. The Kier molecular flexibility index (Phi) is 14.5. The number of halogens is 1. The van der Waals surface area contributed by atoms with Crippen molar-refractivity contribution in [3.8, 4) is 0 Å². The lowest BCUT2D eigenvalue weighted by Gasteiger charge is -2.34. The van der Waals surface area contributed by atoms with Crippen molar-refractivity contribution in [2.24, 2.45) is 0 Å². The summed E-state index contributed by atoms with van der Waals surface area (Å²) in [4.78, 5) is 41.2. The van der Waals surface area contributed by atoms with Crippen molar-refractivity contribution in [1.29, 1.82) is 0 Å². The first-order chi connectivity index (χ1) is 22.8. The van der Waals surface area contributed by atoms with Crippen LogP contribution in [0.1, 0.15) is 121 Å². The minimum absolute atomic E-state index is 0.0689. The van der Waals surface area contributed by atoms with Crippen LogP contribution in [0, 0.1) is 0 Å². The second kappa shape index (κ2) is 18.7. The highest BCUT2D eigenvalue weighted by Gasteiger charge is 2.23. The topological polar surface area (TPSA) is 98.9 Å². The Balaban J connectivity index is 1.17. The maximum absolute atomic E-state index is 12.9. The van der Waals surface area contributed by atoms with Crippen molar-refractivity contribution in [2.75, 3.05) is 25.5 Å². The fourth-order valence-electron chi connectivity index (χ4n) is 6.36. The zero-order valence-corrected chi connectivity index (χ0v) is 29.4. The lowest BCUT2D eigenvalue weighted by Crippen LogP contribution is -2.36. The molecule has 0 aromatic heterocycles. The highest BCUT2D eigenvalue weighted by Crippen LogP contribution is 2.30. The molecule has 0 heterocycles. The normalized spacial score (nSPS) is 14.1. The van der Waals surface area contributed by atoms with E-state index in [1.807, 2.05) is 43.3 Å². The van der Waals surface area contributed by atoms with E-state index in [2.05, 4.69) is 27.8 Å². The van der Waals surface area contributed by atoms with Gasteiger partial charge in [0.15, 0.2) is 5.78 Å². The SMILES string of the molecule is CCC(C(=O)OCCCCCCOC(=O)c1cc(Br)c(N)c(CN(CC)C2CCCCC2)c1)c1cccc(C(=O)c2ccccc2)c1. The van der Waals surface area contributed by atoms with Gasteiger partial charge in [-0.1, -0.05) is 81.6 Å². The Labute approximate surface area is 288 Å². The first-order valence-electron chi connectivity index (χ1n) is 17.2. The third-order valence-corrected chi connectivity index (χ3v) is 9.77. The van der Waals surface area contributed by atoms with E-state index >= 15 is 0 Å². The zero-order chi connectivity index (χ0) is 33.6.